The molecule has 0 radical (unpaired) electrons. The molecule has 28 heavy (non-hydrogen) atoms. The number of nitrogens with zero attached hydrogens (tertiary/aromatic N) is 1. The number of allylic oxidation sites excluding steroid dienone is 2. The molecule has 144 valence electrons. The molecule has 2 heterocycles. The highest BCUT2D eigenvalue weighted by Gasteiger charge is 2.47. The number of rotatable bonds is 5. The average Bonchev–Trinajstić information content (AvgIpc) is 3.31. The molecule has 1 aliphatic carbocycles. The van der Waals surface area contributed by atoms with Crippen LogP contribution in [0.5, 0.6) is 0 Å². The molecule has 2 aliphatic rings. The number of hydrogen-bond acceptors (Lipinski definition) is 4. The number of fused-ring (bicyclic) bond motifs is 1. The maximum absolute atomic E-state index is 13.3. The number of thiophene rings is 1. The normalized spacial score (nSPS) is 22.2. The van der Waals surface area contributed by atoms with Crippen molar-refractivity contribution < 1.29 is 18.8 Å². The van der Waals surface area contributed by atoms with Gasteiger partial charge in [-0.3, -0.25) is 19.3 Å². The van der Waals surface area contributed by atoms with Gasteiger partial charge in [0.1, 0.15) is 12.4 Å². The minimum absolute atomic E-state index is 0.274. The van der Waals surface area contributed by atoms with Crippen LogP contribution < -0.4 is 5.32 Å². The molecule has 0 saturated carbocycles. The van der Waals surface area contributed by atoms with Gasteiger partial charge in [0.2, 0.25) is 17.7 Å². The maximum atomic E-state index is 13.3. The highest BCUT2D eigenvalue weighted by Crippen LogP contribution is 2.35. The van der Waals surface area contributed by atoms with E-state index in [4.69, 9.17) is 0 Å². The molecule has 4 rings (SSSR count). The molecule has 3 atom stereocenters. The number of hydrogen-bond donors (Lipinski definition) is 1. The first-order valence-electron chi connectivity index (χ1n) is 9.13. The number of carbonyl (C=O) groups excluding carboxylic acids is 3. The van der Waals surface area contributed by atoms with Gasteiger partial charge in [0, 0.05) is 4.88 Å². The van der Waals surface area contributed by atoms with E-state index in [1.165, 1.54) is 23.5 Å². The van der Waals surface area contributed by atoms with Crippen LogP contribution >= 0.6 is 11.3 Å². The predicted molar refractivity (Wildman–Crippen MR) is 103 cm³/mol. The van der Waals surface area contributed by atoms with Gasteiger partial charge in [-0.05, 0) is 42.0 Å². The van der Waals surface area contributed by atoms with Crippen LogP contribution in [0, 0.1) is 17.7 Å². The van der Waals surface area contributed by atoms with Crippen molar-refractivity contribution in [3.63, 3.8) is 0 Å². The molecule has 3 amide bonds. The summed E-state index contributed by atoms with van der Waals surface area (Å²) in [6.07, 6.45) is 4.91. The lowest BCUT2D eigenvalue weighted by atomic mass is 9.85. The minimum Gasteiger partial charge on any atom is -0.343 e. The topological polar surface area (TPSA) is 66.5 Å². The zero-order valence-electron chi connectivity index (χ0n) is 15.0. The van der Waals surface area contributed by atoms with E-state index in [0.717, 1.165) is 15.3 Å². The van der Waals surface area contributed by atoms with Crippen molar-refractivity contribution in [2.45, 2.75) is 18.9 Å². The molecule has 0 unspecified atom stereocenters. The second-order valence-electron chi connectivity index (χ2n) is 6.99. The third-order valence-corrected chi connectivity index (χ3v) is 6.17. The number of imide groups is 1. The summed E-state index contributed by atoms with van der Waals surface area (Å²) in [5.74, 6) is -2.03. The Bertz CT molecular complexity index is 898. The first-order valence-corrected chi connectivity index (χ1v) is 10.0. The van der Waals surface area contributed by atoms with Gasteiger partial charge in [0.25, 0.3) is 0 Å². The van der Waals surface area contributed by atoms with Gasteiger partial charge in [-0.1, -0.05) is 30.4 Å². The van der Waals surface area contributed by atoms with Crippen LogP contribution in [0.1, 0.15) is 29.3 Å². The third kappa shape index (κ3) is 3.49. The average molecular weight is 398 g/mol. The first-order chi connectivity index (χ1) is 13.5. The van der Waals surface area contributed by atoms with Crippen molar-refractivity contribution in [1.82, 2.24) is 10.2 Å². The lowest BCUT2D eigenvalue weighted by Gasteiger charge is -2.20. The number of carbonyl (C=O) groups is 3. The van der Waals surface area contributed by atoms with Gasteiger partial charge in [0.05, 0.1) is 17.9 Å². The Balaban J connectivity index is 1.50. The number of amides is 3. The van der Waals surface area contributed by atoms with Gasteiger partial charge < -0.3 is 5.32 Å². The van der Waals surface area contributed by atoms with Crippen LogP contribution in [-0.2, 0) is 14.4 Å². The lowest BCUT2D eigenvalue weighted by Crippen LogP contribution is -2.42. The maximum Gasteiger partial charge on any atom is 0.240 e. The number of nitrogens with one attached hydrogen (secondary N) is 1. The summed E-state index contributed by atoms with van der Waals surface area (Å²) < 4.78 is 13.3. The van der Waals surface area contributed by atoms with Crippen molar-refractivity contribution in [3.05, 3.63) is 70.2 Å². The fourth-order valence-corrected chi connectivity index (χ4v) is 4.61. The first kappa shape index (κ1) is 18.6. The van der Waals surface area contributed by atoms with Gasteiger partial charge in [0.15, 0.2) is 0 Å². The summed E-state index contributed by atoms with van der Waals surface area (Å²) >= 11 is 1.47. The number of likely N-dealkylation sites (tertiary alicyclic amines) is 1. The van der Waals surface area contributed by atoms with E-state index in [1.807, 2.05) is 29.7 Å². The summed E-state index contributed by atoms with van der Waals surface area (Å²) in [6, 6.07) is 9.20. The molecule has 5 nitrogen and oxygen atoms in total. The van der Waals surface area contributed by atoms with E-state index < -0.39 is 11.9 Å². The van der Waals surface area contributed by atoms with Crippen LogP contribution in [0.4, 0.5) is 4.39 Å². The molecule has 1 aromatic heterocycles. The number of benzene rings is 1. The smallest absolute Gasteiger partial charge is 0.240 e. The Hall–Kier alpha value is -2.80. The predicted octanol–water partition coefficient (Wildman–Crippen LogP) is 3.04. The molecule has 0 spiro atoms. The molecule has 1 aromatic carbocycles. The van der Waals surface area contributed by atoms with Crippen molar-refractivity contribution in [2.24, 2.45) is 11.8 Å². The summed E-state index contributed by atoms with van der Waals surface area (Å²) in [6.45, 7) is -0.298. The standard InChI is InChI=1S/C21H19FN2O3S/c22-14-9-7-13(8-10-14)19(17-6-3-11-28-17)23-18(25)12-24-20(26)15-4-1-2-5-16(15)21(24)27/h1-3,6-11,15-16,19H,4-5,12H2,(H,23,25)/t15-,16-,19-/m0/s1. The van der Waals surface area contributed by atoms with E-state index in [1.54, 1.807) is 12.1 Å². The van der Waals surface area contributed by atoms with Crippen molar-refractivity contribution >= 4 is 29.1 Å². The SMILES string of the molecule is O=C(CN1C(=O)[C@H]2CC=CC[C@@H]2C1=O)N[C@@H](c1ccc(F)cc1)c1cccs1. The Morgan fingerprint density at radius 1 is 1.11 bits per heavy atom. The van der Waals surface area contributed by atoms with Crippen LogP contribution in [0.15, 0.2) is 53.9 Å². The molecular weight excluding hydrogens is 379 g/mol. The molecule has 0 bridgehead atoms. The quantitative estimate of drug-likeness (QED) is 0.622. The molecule has 1 saturated heterocycles. The fourth-order valence-electron chi connectivity index (χ4n) is 3.80. The largest absolute Gasteiger partial charge is 0.343 e. The van der Waals surface area contributed by atoms with Crippen molar-refractivity contribution in [1.29, 1.82) is 0 Å². The van der Waals surface area contributed by atoms with Crippen molar-refractivity contribution in [2.75, 3.05) is 6.54 Å². The zero-order chi connectivity index (χ0) is 19.7. The minimum atomic E-state index is -0.468. The summed E-state index contributed by atoms with van der Waals surface area (Å²) in [4.78, 5) is 39.8. The van der Waals surface area contributed by atoms with E-state index in [-0.39, 0.29) is 36.0 Å². The Labute approximate surface area is 165 Å². The van der Waals surface area contributed by atoms with Crippen molar-refractivity contribution in [3.8, 4) is 0 Å². The summed E-state index contributed by atoms with van der Waals surface area (Å²) in [7, 11) is 0. The Morgan fingerprint density at radius 3 is 2.32 bits per heavy atom. The Kier molecular flexibility index (Phi) is 5.09. The van der Waals surface area contributed by atoms with E-state index >= 15 is 0 Å². The van der Waals surface area contributed by atoms with Gasteiger partial charge >= 0.3 is 0 Å². The fraction of sp³-hybridized carbons (Fsp3) is 0.286. The number of halogens is 1. The van der Waals surface area contributed by atoms with Crippen LogP contribution in [0.2, 0.25) is 0 Å². The van der Waals surface area contributed by atoms with E-state index in [9.17, 15) is 18.8 Å². The summed E-state index contributed by atoms with van der Waals surface area (Å²) in [5, 5.41) is 4.78. The highest BCUT2D eigenvalue weighted by molar-refractivity contribution is 7.10. The molecule has 1 N–H and O–H groups in total. The molecule has 2 aromatic rings. The Morgan fingerprint density at radius 2 is 1.75 bits per heavy atom. The van der Waals surface area contributed by atoms with Gasteiger partial charge in [-0.2, -0.15) is 0 Å². The molecular formula is C21H19FN2O3S. The zero-order valence-corrected chi connectivity index (χ0v) is 15.8. The van der Waals surface area contributed by atoms with Crippen LogP contribution in [0.3, 0.4) is 0 Å². The molecule has 1 aliphatic heterocycles. The van der Waals surface area contributed by atoms with Gasteiger partial charge in [-0.15, -0.1) is 11.3 Å². The molecule has 7 heteroatoms. The van der Waals surface area contributed by atoms with Gasteiger partial charge in [-0.25, -0.2) is 4.39 Å². The lowest BCUT2D eigenvalue weighted by molar-refractivity contribution is -0.143. The highest BCUT2D eigenvalue weighted by atomic mass is 32.1. The summed E-state index contributed by atoms with van der Waals surface area (Å²) in [5.41, 5.74) is 0.731. The molecule has 1 fully saturated rings. The van der Waals surface area contributed by atoms with Crippen LogP contribution in [-0.4, -0.2) is 29.2 Å². The van der Waals surface area contributed by atoms with E-state index in [0.29, 0.717) is 12.8 Å². The second-order valence-corrected chi connectivity index (χ2v) is 7.97. The monoisotopic (exact) mass is 398 g/mol. The second kappa shape index (κ2) is 7.67. The van der Waals surface area contributed by atoms with Crippen LogP contribution in [0.25, 0.3) is 0 Å². The van der Waals surface area contributed by atoms with E-state index in [2.05, 4.69) is 5.32 Å². The third-order valence-electron chi connectivity index (χ3n) is 5.24.